The summed E-state index contributed by atoms with van der Waals surface area (Å²) in [5.74, 6) is -0.100. The Hall–Kier alpha value is -1.14. The van der Waals surface area contributed by atoms with Gasteiger partial charge in [-0.2, -0.15) is 0 Å². The lowest BCUT2D eigenvalue weighted by molar-refractivity contribution is -0.134. The lowest BCUT2D eigenvalue weighted by atomic mass is 9.92. The fourth-order valence-electron chi connectivity index (χ4n) is 3.37. The van der Waals surface area contributed by atoms with Gasteiger partial charge in [0.1, 0.15) is 0 Å². The molecule has 2 aliphatic rings. The molecule has 1 unspecified atom stereocenters. The first-order chi connectivity index (χ1) is 10.6. The molecule has 22 heavy (non-hydrogen) atoms. The molecule has 0 radical (unpaired) electrons. The van der Waals surface area contributed by atoms with Gasteiger partial charge in [-0.05, 0) is 31.6 Å². The minimum Gasteiger partial charge on any atom is -0.381 e. The molecule has 2 rings (SSSR count). The van der Waals surface area contributed by atoms with Crippen LogP contribution in [-0.2, 0) is 14.3 Å². The number of likely N-dealkylation sites (N-methyl/N-ethyl adjacent to an activating group) is 1. The van der Waals surface area contributed by atoms with E-state index in [4.69, 9.17) is 10.5 Å². The number of carbonyl (C=O) groups excluding carboxylic acids is 2. The van der Waals surface area contributed by atoms with Crippen molar-refractivity contribution in [3.8, 4) is 0 Å². The number of nitrogens with two attached hydrogens (primary N) is 1. The topological polar surface area (TPSA) is 84.7 Å². The zero-order valence-electron chi connectivity index (χ0n) is 13.6. The van der Waals surface area contributed by atoms with Crippen molar-refractivity contribution in [2.45, 2.75) is 57.0 Å². The second-order valence-electron chi connectivity index (χ2n) is 6.49. The van der Waals surface area contributed by atoms with Gasteiger partial charge in [0.25, 0.3) is 0 Å². The van der Waals surface area contributed by atoms with Gasteiger partial charge in [0.05, 0.1) is 12.6 Å². The smallest absolute Gasteiger partial charge is 0.241 e. The highest BCUT2D eigenvalue weighted by molar-refractivity contribution is 5.87. The van der Waals surface area contributed by atoms with Gasteiger partial charge in [-0.1, -0.05) is 19.3 Å². The molecule has 1 heterocycles. The van der Waals surface area contributed by atoms with E-state index in [1.807, 2.05) is 7.05 Å². The van der Waals surface area contributed by atoms with Crippen LogP contribution in [0.5, 0.6) is 0 Å². The number of nitrogens with zero attached hydrogens (tertiary/aromatic N) is 1. The average Bonchev–Trinajstić information content (AvgIpc) is 2.59. The first-order valence-corrected chi connectivity index (χ1v) is 8.46. The third-order valence-corrected chi connectivity index (χ3v) is 5.01. The van der Waals surface area contributed by atoms with E-state index in [-0.39, 0.29) is 24.3 Å². The minimum absolute atomic E-state index is 0.0283. The van der Waals surface area contributed by atoms with Crippen LogP contribution < -0.4 is 11.1 Å². The third-order valence-electron chi connectivity index (χ3n) is 5.01. The molecular weight excluding hydrogens is 282 g/mol. The second kappa shape index (κ2) is 8.48. The first kappa shape index (κ1) is 17.2. The van der Waals surface area contributed by atoms with Crippen LogP contribution in [0.1, 0.15) is 44.9 Å². The Labute approximate surface area is 132 Å². The van der Waals surface area contributed by atoms with Gasteiger partial charge in [-0.3, -0.25) is 9.59 Å². The number of ether oxygens (including phenoxy) is 1. The van der Waals surface area contributed by atoms with Crippen LogP contribution in [0, 0.1) is 5.92 Å². The Morgan fingerprint density at radius 2 is 1.82 bits per heavy atom. The zero-order valence-corrected chi connectivity index (χ0v) is 13.6. The van der Waals surface area contributed by atoms with Crippen LogP contribution in [0.3, 0.4) is 0 Å². The summed E-state index contributed by atoms with van der Waals surface area (Å²) in [6.07, 6.45) is 7.38. The van der Waals surface area contributed by atoms with E-state index >= 15 is 0 Å². The maximum atomic E-state index is 12.2. The number of amides is 2. The summed E-state index contributed by atoms with van der Waals surface area (Å²) in [6.45, 7) is 1.37. The van der Waals surface area contributed by atoms with Crippen molar-refractivity contribution in [1.29, 1.82) is 0 Å². The molecular formula is C16H29N3O3. The van der Waals surface area contributed by atoms with Crippen LogP contribution in [-0.4, -0.2) is 55.6 Å². The molecule has 2 amide bonds. The molecule has 0 bridgehead atoms. The van der Waals surface area contributed by atoms with Gasteiger partial charge in [0.2, 0.25) is 11.8 Å². The molecule has 1 saturated carbocycles. The maximum absolute atomic E-state index is 12.2. The highest BCUT2D eigenvalue weighted by Crippen LogP contribution is 2.21. The van der Waals surface area contributed by atoms with Crippen molar-refractivity contribution in [1.82, 2.24) is 10.2 Å². The fraction of sp³-hybridized carbons (Fsp3) is 0.875. The Balaban J connectivity index is 1.73. The van der Waals surface area contributed by atoms with E-state index in [0.717, 1.165) is 25.7 Å². The monoisotopic (exact) mass is 311 g/mol. The summed E-state index contributed by atoms with van der Waals surface area (Å²) < 4.78 is 5.28. The fourth-order valence-corrected chi connectivity index (χ4v) is 3.37. The van der Waals surface area contributed by atoms with Gasteiger partial charge >= 0.3 is 0 Å². The van der Waals surface area contributed by atoms with E-state index in [1.54, 1.807) is 4.90 Å². The highest BCUT2D eigenvalue weighted by atomic mass is 16.5. The maximum Gasteiger partial charge on any atom is 0.241 e. The normalized spacial score (nSPS) is 22.1. The predicted octanol–water partition coefficient (Wildman–Crippen LogP) is 0.648. The number of hydrogen-bond acceptors (Lipinski definition) is 4. The van der Waals surface area contributed by atoms with Crippen molar-refractivity contribution in [3.63, 3.8) is 0 Å². The summed E-state index contributed by atoms with van der Waals surface area (Å²) >= 11 is 0. The summed E-state index contributed by atoms with van der Waals surface area (Å²) in [5, 5.41) is 2.70. The van der Waals surface area contributed by atoms with E-state index in [9.17, 15) is 9.59 Å². The molecule has 1 saturated heterocycles. The molecule has 3 N–H and O–H groups in total. The Bertz CT molecular complexity index is 341. The number of rotatable bonds is 5. The average molecular weight is 311 g/mol. The van der Waals surface area contributed by atoms with Gasteiger partial charge in [0.15, 0.2) is 0 Å². The van der Waals surface area contributed by atoms with Crippen LogP contribution in [0.2, 0.25) is 0 Å². The molecule has 1 aliphatic carbocycles. The molecule has 6 heteroatoms. The predicted molar refractivity (Wildman–Crippen MR) is 84.2 cm³/mol. The zero-order chi connectivity index (χ0) is 15.9. The Morgan fingerprint density at radius 3 is 2.45 bits per heavy atom. The molecule has 6 nitrogen and oxygen atoms in total. The summed E-state index contributed by atoms with van der Waals surface area (Å²) in [6, 6.07) is -0.223. The van der Waals surface area contributed by atoms with Crippen molar-refractivity contribution in [2.75, 3.05) is 26.8 Å². The number of hydrogen-bond donors (Lipinski definition) is 2. The standard InChI is InChI=1S/C16H29N3O3/c1-19(13-5-3-2-4-6-13)14(20)11-18-16(21)15(17)12-7-9-22-10-8-12/h12-13,15H,2-11,17H2,1H3,(H,18,21). The van der Waals surface area contributed by atoms with Gasteiger partial charge < -0.3 is 20.7 Å². The van der Waals surface area contributed by atoms with E-state index < -0.39 is 6.04 Å². The van der Waals surface area contributed by atoms with Gasteiger partial charge in [-0.15, -0.1) is 0 Å². The molecule has 126 valence electrons. The number of carbonyl (C=O) groups is 2. The van der Waals surface area contributed by atoms with Crippen molar-refractivity contribution in [3.05, 3.63) is 0 Å². The minimum atomic E-state index is -0.545. The lowest BCUT2D eigenvalue weighted by Gasteiger charge is -2.31. The summed E-state index contributed by atoms with van der Waals surface area (Å²) in [4.78, 5) is 26.1. The van der Waals surface area contributed by atoms with Crippen molar-refractivity contribution < 1.29 is 14.3 Å². The van der Waals surface area contributed by atoms with E-state index in [0.29, 0.717) is 19.3 Å². The summed E-state index contributed by atoms with van der Waals surface area (Å²) in [7, 11) is 1.84. The molecule has 1 atom stereocenters. The Morgan fingerprint density at radius 1 is 1.18 bits per heavy atom. The van der Waals surface area contributed by atoms with Gasteiger partial charge in [-0.25, -0.2) is 0 Å². The van der Waals surface area contributed by atoms with Crippen molar-refractivity contribution in [2.24, 2.45) is 11.7 Å². The SMILES string of the molecule is CN(C(=O)CNC(=O)C(N)C1CCOCC1)C1CCCCC1. The van der Waals surface area contributed by atoms with Crippen LogP contribution in [0.25, 0.3) is 0 Å². The summed E-state index contributed by atoms with van der Waals surface area (Å²) in [5.41, 5.74) is 6.00. The molecule has 1 aliphatic heterocycles. The highest BCUT2D eigenvalue weighted by Gasteiger charge is 2.27. The van der Waals surface area contributed by atoms with Crippen LogP contribution in [0.4, 0.5) is 0 Å². The van der Waals surface area contributed by atoms with E-state index in [1.165, 1.54) is 19.3 Å². The molecule has 0 aromatic rings. The first-order valence-electron chi connectivity index (χ1n) is 8.46. The molecule has 2 fully saturated rings. The van der Waals surface area contributed by atoms with Crippen molar-refractivity contribution >= 4 is 11.8 Å². The third kappa shape index (κ3) is 4.68. The van der Waals surface area contributed by atoms with E-state index in [2.05, 4.69) is 5.32 Å². The second-order valence-corrected chi connectivity index (χ2v) is 6.49. The largest absolute Gasteiger partial charge is 0.381 e. The van der Waals surface area contributed by atoms with Crippen LogP contribution in [0.15, 0.2) is 0 Å². The lowest BCUT2D eigenvalue weighted by Crippen LogP contribution is -2.50. The molecule has 0 aromatic heterocycles. The number of nitrogens with one attached hydrogen (secondary N) is 1. The van der Waals surface area contributed by atoms with Gasteiger partial charge in [0, 0.05) is 26.3 Å². The molecule has 0 spiro atoms. The quantitative estimate of drug-likeness (QED) is 0.780. The Kier molecular flexibility index (Phi) is 6.64. The molecule has 0 aromatic carbocycles. The van der Waals surface area contributed by atoms with Crippen LogP contribution >= 0.6 is 0 Å².